The Morgan fingerprint density at radius 2 is 2.06 bits per heavy atom. The van der Waals surface area contributed by atoms with Crippen LogP contribution in [-0.2, 0) is 4.79 Å². The molecule has 0 heterocycles. The number of nitro benzene ring substituents is 1. The molecule has 0 amide bonds. The molecule has 0 N–H and O–H groups in total. The molecule has 0 bridgehead atoms. The lowest BCUT2D eigenvalue weighted by molar-refractivity contribution is -0.385. The van der Waals surface area contributed by atoms with Gasteiger partial charge in [-0.1, -0.05) is 19.1 Å². The van der Waals surface area contributed by atoms with Crippen molar-refractivity contribution in [3.8, 4) is 0 Å². The maximum absolute atomic E-state index is 12.3. The van der Waals surface area contributed by atoms with Crippen LogP contribution in [0.3, 0.4) is 0 Å². The molecule has 4 nitrogen and oxygen atoms in total. The summed E-state index contributed by atoms with van der Waals surface area (Å²) in [6.45, 7) is 1.47. The third kappa shape index (κ3) is 2.39. The Morgan fingerprint density at radius 1 is 1.44 bits per heavy atom. The zero-order chi connectivity index (χ0) is 12.3. The van der Waals surface area contributed by atoms with E-state index in [9.17, 15) is 23.7 Å². The van der Waals surface area contributed by atoms with Crippen LogP contribution in [0.1, 0.15) is 30.4 Å². The minimum atomic E-state index is -2.76. The van der Waals surface area contributed by atoms with E-state index >= 15 is 0 Å². The van der Waals surface area contributed by atoms with Crippen molar-refractivity contribution in [2.24, 2.45) is 0 Å². The highest BCUT2D eigenvalue weighted by molar-refractivity contribution is 5.65. The first-order chi connectivity index (χ1) is 7.47. The number of rotatable bonds is 4. The number of halogens is 2. The van der Waals surface area contributed by atoms with Crippen molar-refractivity contribution in [2.75, 3.05) is 0 Å². The number of alkyl halides is 2. The normalized spacial score (nSPS) is 12.5. The number of aldehydes is 1. The predicted molar refractivity (Wildman–Crippen MR) is 52.5 cm³/mol. The van der Waals surface area contributed by atoms with Gasteiger partial charge in [-0.25, -0.2) is 8.78 Å². The molecule has 0 aliphatic heterocycles. The van der Waals surface area contributed by atoms with E-state index in [1.54, 1.807) is 0 Å². The van der Waals surface area contributed by atoms with Gasteiger partial charge >= 0.3 is 0 Å². The van der Waals surface area contributed by atoms with Crippen LogP contribution < -0.4 is 0 Å². The van der Waals surface area contributed by atoms with Gasteiger partial charge in [-0.05, 0) is 0 Å². The number of nitrogens with zero attached hydrogens (tertiary/aromatic N) is 1. The van der Waals surface area contributed by atoms with Crippen molar-refractivity contribution >= 4 is 12.0 Å². The van der Waals surface area contributed by atoms with Gasteiger partial charge in [0.1, 0.15) is 6.29 Å². The summed E-state index contributed by atoms with van der Waals surface area (Å²) in [7, 11) is 0. The molecule has 1 aromatic rings. The SMILES string of the molecule is CC(C=O)c1ccc(C(F)F)cc1[N+](=O)[O-]. The van der Waals surface area contributed by atoms with Crippen LogP contribution >= 0.6 is 0 Å². The second-order valence-electron chi connectivity index (χ2n) is 3.30. The summed E-state index contributed by atoms with van der Waals surface area (Å²) in [5.74, 6) is -0.688. The summed E-state index contributed by atoms with van der Waals surface area (Å²) >= 11 is 0. The van der Waals surface area contributed by atoms with Crippen molar-refractivity contribution in [2.45, 2.75) is 19.3 Å². The van der Waals surface area contributed by atoms with Crippen molar-refractivity contribution in [1.82, 2.24) is 0 Å². The molecule has 1 rings (SSSR count). The molecule has 16 heavy (non-hydrogen) atoms. The quantitative estimate of drug-likeness (QED) is 0.453. The van der Waals surface area contributed by atoms with Gasteiger partial charge in [-0.3, -0.25) is 10.1 Å². The number of carbonyl (C=O) groups is 1. The topological polar surface area (TPSA) is 60.2 Å². The molecule has 6 heteroatoms. The van der Waals surface area contributed by atoms with Crippen LogP contribution in [0.15, 0.2) is 18.2 Å². The smallest absolute Gasteiger partial charge is 0.273 e. The van der Waals surface area contributed by atoms with E-state index in [1.807, 2.05) is 0 Å². The first-order valence-corrected chi connectivity index (χ1v) is 4.49. The van der Waals surface area contributed by atoms with Gasteiger partial charge in [0, 0.05) is 23.1 Å². The van der Waals surface area contributed by atoms with Crippen LogP contribution in [0.5, 0.6) is 0 Å². The zero-order valence-corrected chi connectivity index (χ0v) is 8.39. The summed E-state index contributed by atoms with van der Waals surface area (Å²) in [4.78, 5) is 20.4. The molecule has 0 aliphatic rings. The van der Waals surface area contributed by atoms with E-state index in [-0.39, 0.29) is 5.56 Å². The van der Waals surface area contributed by atoms with E-state index in [0.29, 0.717) is 6.29 Å². The number of hydrogen-bond donors (Lipinski definition) is 0. The number of nitro groups is 1. The number of carbonyl (C=O) groups excluding carboxylic acids is 1. The van der Waals surface area contributed by atoms with E-state index < -0.39 is 28.5 Å². The molecule has 0 saturated carbocycles. The van der Waals surface area contributed by atoms with Crippen LogP contribution in [0.25, 0.3) is 0 Å². The molecular formula is C10H9F2NO3. The third-order valence-corrected chi connectivity index (χ3v) is 2.20. The lowest BCUT2D eigenvalue weighted by atomic mass is 9.99. The first-order valence-electron chi connectivity index (χ1n) is 4.49. The zero-order valence-electron chi connectivity index (χ0n) is 8.39. The molecule has 0 fully saturated rings. The monoisotopic (exact) mass is 229 g/mol. The fourth-order valence-electron chi connectivity index (χ4n) is 1.31. The molecule has 86 valence electrons. The minimum absolute atomic E-state index is 0.143. The molecule has 1 unspecified atom stereocenters. The molecule has 1 aromatic carbocycles. The average Bonchev–Trinajstić information content (AvgIpc) is 2.26. The van der Waals surface area contributed by atoms with Gasteiger partial charge in [-0.2, -0.15) is 0 Å². The molecular weight excluding hydrogens is 220 g/mol. The first kappa shape index (κ1) is 12.2. The van der Waals surface area contributed by atoms with Gasteiger partial charge in [0.15, 0.2) is 0 Å². The van der Waals surface area contributed by atoms with Gasteiger partial charge in [-0.15, -0.1) is 0 Å². The molecule has 0 spiro atoms. The maximum Gasteiger partial charge on any atom is 0.273 e. The lowest BCUT2D eigenvalue weighted by Crippen LogP contribution is -2.02. The Kier molecular flexibility index (Phi) is 3.65. The Labute approximate surface area is 90.0 Å². The van der Waals surface area contributed by atoms with E-state index in [2.05, 4.69) is 0 Å². The Hall–Kier alpha value is -1.85. The lowest BCUT2D eigenvalue weighted by Gasteiger charge is -2.07. The van der Waals surface area contributed by atoms with Crippen molar-refractivity contribution in [3.05, 3.63) is 39.4 Å². The van der Waals surface area contributed by atoms with Crippen LogP contribution in [0, 0.1) is 10.1 Å². The van der Waals surface area contributed by atoms with Gasteiger partial charge in [0.2, 0.25) is 0 Å². The number of benzene rings is 1. The number of hydrogen-bond acceptors (Lipinski definition) is 3. The van der Waals surface area contributed by atoms with Crippen molar-refractivity contribution < 1.29 is 18.5 Å². The predicted octanol–water partition coefficient (Wildman–Crippen LogP) is 2.83. The molecule has 0 saturated heterocycles. The van der Waals surface area contributed by atoms with E-state index in [1.165, 1.54) is 13.0 Å². The highest BCUT2D eigenvalue weighted by atomic mass is 19.3. The van der Waals surface area contributed by atoms with Gasteiger partial charge in [0.05, 0.1) is 4.92 Å². The largest absolute Gasteiger partial charge is 0.303 e. The van der Waals surface area contributed by atoms with Gasteiger partial charge in [0.25, 0.3) is 12.1 Å². The average molecular weight is 229 g/mol. The molecule has 0 radical (unpaired) electrons. The molecule has 1 atom stereocenters. The Balaban J connectivity index is 3.30. The standard InChI is InChI=1S/C10H9F2NO3/c1-6(5-14)8-3-2-7(10(11)12)4-9(8)13(15)16/h2-6,10H,1H3. The maximum atomic E-state index is 12.3. The highest BCUT2D eigenvalue weighted by Gasteiger charge is 2.21. The highest BCUT2D eigenvalue weighted by Crippen LogP contribution is 2.30. The summed E-state index contributed by atoms with van der Waals surface area (Å²) in [6, 6.07) is 3.09. The van der Waals surface area contributed by atoms with Crippen LogP contribution in [0.2, 0.25) is 0 Å². The Bertz CT molecular complexity index is 421. The molecule has 0 aliphatic carbocycles. The summed E-state index contributed by atoms with van der Waals surface area (Å²) in [5.41, 5.74) is -0.727. The summed E-state index contributed by atoms with van der Waals surface area (Å²) in [5, 5.41) is 10.7. The fourth-order valence-corrected chi connectivity index (χ4v) is 1.31. The fraction of sp³-hybridized carbons (Fsp3) is 0.300. The summed E-state index contributed by atoms with van der Waals surface area (Å²) in [6.07, 6.45) is -2.23. The summed E-state index contributed by atoms with van der Waals surface area (Å²) < 4.78 is 24.7. The Morgan fingerprint density at radius 3 is 2.50 bits per heavy atom. The second-order valence-corrected chi connectivity index (χ2v) is 3.30. The van der Waals surface area contributed by atoms with Crippen molar-refractivity contribution in [1.29, 1.82) is 0 Å². The van der Waals surface area contributed by atoms with Crippen molar-refractivity contribution in [3.63, 3.8) is 0 Å². The van der Waals surface area contributed by atoms with Gasteiger partial charge < -0.3 is 4.79 Å². The van der Waals surface area contributed by atoms with Crippen LogP contribution in [-0.4, -0.2) is 11.2 Å². The second kappa shape index (κ2) is 4.78. The van der Waals surface area contributed by atoms with E-state index in [4.69, 9.17) is 0 Å². The minimum Gasteiger partial charge on any atom is -0.303 e. The molecule has 0 aromatic heterocycles. The third-order valence-electron chi connectivity index (χ3n) is 2.20. The van der Waals surface area contributed by atoms with Crippen LogP contribution in [0.4, 0.5) is 14.5 Å². The van der Waals surface area contributed by atoms with E-state index in [0.717, 1.165) is 12.1 Å².